The number of nitrogens with zero attached hydrogens (tertiary/aromatic N) is 2. The van der Waals surface area contributed by atoms with Gasteiger partial charge in [-0.2, -0.15) is 5.26 Å². The highest BCUT2D eigenvalue weighted by atomic mass is 32.2. The Kier molecular flexibility index (Phi) is 5.58. The topological polar surface area (TPSA) is 62.2 Å². The zero-order chi connectivity index (χ0) is 12.7. The van der Waals surface area contributed by atoms with Crippen LogP contribution in [0.25, 0.3) is 0 Å². The van der Waals surface area contributed by atoms with Gasteiger partial charge in [-0.15, -0.1) is 0 Å². The zero-order valence-corrected chi connectivity index (χ0v) is 11.0. The van der Waals surface area contributed by atoms with Gasteiger partial charge in [-0.1, -0.05) is 37.7 Å². The van der Waals surface area contributed by atoms with Crippen molar-refractivity contribution in [3.05, 3.63) is 35.4 Å². The number of benzene rings is 1. The number of nitrogens with two attached hydrogens (primary N) is 1. The molecule has 2 N–H and O–H groups in total. The van der Waals surface area contributed by atoms with Crippen LogP contribution in [-0.4, -0.2) is 11.7 Å². The molecule has 0 saturated carbocycles. The van der Waals surface area contributed by atoms with Crippen molar-refractivity contribution in [2.24, 2.45) is 16.6 Å². The molecule has 0 aliphatic heterocycles. The Morgan fingerprint density at radius 1 is 1.41 bits per heavy atom. The van der Waals surface area contributed by atoms with E-state index < -0.39 is 0 Å². The highest BCUT2D eigenvalue weighted by Gasteiger charge is 1.98. The molecule has 0 aromatic heterocycles. The Morgan fingerprint density at radius 2 is 2.06 bits per heavy atom. The average molecular weight is 247 g/mol. The minimum Gasteiger partial charge on any atom is -0.379 e. The van der Waals surface area contributed by atoms with Crippen molar-refractivity contribution < 1.29 is 0 Å². The summed E-state index contributed by atoms with van der Waals surface area (Å²) in [6.07, 6.45) is 0. The van der Waals surface area contributed by atoms with Crippen molar-refractivity contribution in [2.75, 3.05) is 6.54 Å². The summed E-state index contributed by atoms with van der Waals surface area (Å²) in [4.78, 5) is 4.28. The molecule has 0 fully saturated rings. The van der Waals surface area contributed by atoms with Crippen molar-refractivity contribution in [1.82, 2.24) is 0 Å². The maximum atomic E-state index is 8.67. The lowest BCUT2D eigenvalue weighted by molar-refractivity contribution is 0.666. The predicted octanol–water partition coefficient (Wildman–Crippen LogP) is 2.76. The summed E-state index contributed by atoms with van der Waals surface area (Å²) in [7, 11) is 0. The third-order valence-corrected chi connectivity index (χ3v) is 2.98. The molecule has 4 heteroatoms. The lowest BCUT2D eigenvalue weighted by Crippen LogP contribution is -2.09. The fourth-order valence-electron chi connectivity index (χ4n) is 1.15. The molecular formula is C13H17N3S. The Labute approximate surface area is 107 Å². The van der Waals surface area contributed by atoms with E-state index in [1.807, 2.05) is 24.3 Å². The van der Waals surface area contributed by atoms with Crippen LogP contribution in [0.4, 0.5) is 0 Å². The van der Waals surface area contributed by atoms with Crippen LogP contribution >= 0.6 is 11.8 Å². The van der Waals surface area contributed by atoms with E-state index in [1.54, 1.807) is 0 Å². The molecule has 0 unspecified atom stereocenters. The van der Waals surface area contributed by atoms with E-state index in [0.29, 0.717) is 16.6 Å². The molecule has 3 nitrogen and oxygen atoms in total. The van der Waals surface area contributed by atoms with Crippen molar-refractivity contribution in [2.45, 2.75) is 19.6 Å². The number of nitriles is 1. The SMILES string of the molecule is CC(C)CN=C(N)SCc1ccc(C#N)cc1. The Balaban J connectivity index is 2.44. The summed E-state index contributed by atoms with van der Waals surface area (Å²) >= 11 is 1.53. The third-order valence-electron chi connectivity index (χ3n) is 2.08. The van der Waals surface area contributed by atoms with Crippen LogP contribution in [0.3, 0.4) is 0 Å². The summed E-state index contributed by atoms with van der Waals surface area (Å²) in [5.74, 6) is 1.32. The molecule has 1 aromatic rings. The van der Waals surface area contributed by atoms with Gasteiger partial charge in [0.15, 0.2) is 5.17 Å². The molecule has 0 spiro atoms. The fourth-order valence-corrected chi connectivity index (χ4v) is 1.82. The highest BCUT2D eigenvalue weighted by molar-refractivity contribution is 8.13. The smallest absolute Gasteiger partial charge is 0.154 e. The summed E-state index contributed by atoms with van der Waals surface area (Å²) in [6.45, 7) is 5.00. The first-order chi connectivity index (χ1) is 8.11. The monoisotopic (exact) mass is 247 g/mol. The van der Waals surface area contributed by atoms with Crippen molar-refractivity contribution >= 4 is 16.9 Å². The number of thioether (sulfide) groups is 1. The van der Waals surface area contributed by atoms with E-state index in [4.69, 9.17) is 11.0 Å². The number of hydrogen-bond donors (Lipinski definition) is 1. The lowest BCUT2D eigenvalue weighted by atomic mass is 10.2. The van der Waals surface area contributed by atoms with Crippen molar-refractivity contribution in [3.63, 3.8) is 0 Å². The molecule has 0 saturated heterocycles. The van der Waals surface area contributed by atoms with E-state index in [-0.39, 0.29) is 0 Å². The second-order valence-corrected chi connectivity index (χ2v) is 5.17. The standard InChI is InChI=1S/C13H17N3S/c1-10(2)8-16-13(15)17-9-12-5-3-11(7-14)4-6-12/h3-6,10H,8-9H2,1-2H3,(H2,15,16). The Morgan fingerprint density at radius 3 is 2.59 bits per heavy atom. The minimum absolute atomic E-state index is 0.532. The van der Waals surface area contributed by atoms with Gasteiger partial charge in [0.25, 0.3) is 0 Å². The molecule has 0 aliphatic rings. The van der Waals surface area contributed by atoms with Crippen molar-refractivity contribution in [1.29, 1.82) is 5.26 Å². The maximum Gasteiger partial charge on any atom is 0.154 e. The van der Waals surface area contributed by atoms with Crippen LogP contribution in [0, 0.1) is 17.2 Å². The molecule has 0 heterocycles. The van der Waals surface area contributed by atoms with Crippen LogP contribution in [0.2, 0.25) is 0 Å². The van der Waals surface area contributed by atoms with E-state index in [1.165, 1.54) is 11.8 Å². The van der Waals surface area contributed by atoms with E-state index in [2.05, 4.69) is 24.9 Å². The molecule has 0 aliphatic carbocycles. The van der Waals surface area contributed by atoms with Gasteiger partial charge in [0, 0.05) is 12.3 Å². The van der Waals surface area contributed by atoms with E-state index >= 15 is 0 Å². The third kappa shape index (κ3) is 5.41. The summed E-state index contributed by atoms with van der Waals surface area (Å²) in [5.41, 5.74) is 7.62. The van der Waals surface area contributed by atoms with Gasteiger partial charge in [-0.25, -0.2) is 0 Å². The molecule has 0 amide bonds. The lowest BCUT2D eigenvalue weighted by Gasteiger charge is -2.03. The molecule has 17 heavy (non-hydrogen) atoms. The Bertz CT molecular complexity index is 415. The van der Waals surface area contributed by atoms with E-state index in [0.717, 1.165) is 17.9 Å². The highest BCUT2D eigenvalue weighted by Crippen LogP contribution is 2.13. The second kappa shape index (κ2) is 6.97. The van der Waals surface area contributed by atoms with Gasteiger partial charge in [0.2, 0.25) is 0 Å². The number of aliphatic imine (C=N–C) groups is 1. The normalized spacial score (nSPS) is 11.5. The number of amidine groups is 1. The molecule has 90 valence electrons. The summed E-state index contributed by atoms with van der Waals surface area (Å²) in [6, 6.07) is 9.62. The molecule has 1 rings (SSSR count). The Hall–Kier alpha value is -1.47. The first-order valence-electron chi connectivity index (χ1n) is 5.53. The largest absolute Gasteiger partial charge is 0.379 e. The van der Waals surface area contributed by atoms with Crippen LogP contribution < -0.4 is 5.73 Å². The molecule has 0 bridgehead atoms. The maximum absolute atomic E-state index is 8.67. The first kappa shape index (κ1) is 13.6. The summed E-state index contributed by atoms with van der Waals surface area (Å²) in [5, 5.41) is 9.30. The van der Waals surface area contributed by atoms with Crippen LogP contribution in [0.1, 0.15) is 25.0 Å². The summed E-state index contributed by atoms with van der Waals surface area (Å²) < 4.78 is 0. The van der Waals surface area contributed by atoms with Gasteiger partial charge in [0.1, 0.15) is 0 Å². The van der Waals surface area contributed by atoms with Gasteiger partial charge < -0.3 is 5.73 Å². The number of hydrogen-bond acceptors (Lipinski definition) is 3. The molecular weight excluding hydrogens is 230 g/mol. The van der Waals surface area contributed by atoms with Crippen LogP contribution in [-0.2, 0) is 5.75 Å². The van der Waals surface area contributed by atoms with E-state index in [9.17, 15) is 0 Å². The van der Waals surface area contributed by atoms with Gasteiger partial charge in [0.05, 0.1) is 11.6 Å². The number of rotatable bonds is 4. The van der Waals surface area contributed by atoms with Gasteiger partial charge in [-0.05, 0) is 23.6 Å². The predicted molar refractivity (Wildman–Crippen MR) is 73.8 cm³/mol. The average Bonchev–Trinajstić information content (AvgIpc) is 2.34. The second-order valence-electron chi connectivity index (χ2n) is 4.17. The van der Waals surface area contributed by atoms with Crippen LogP contribution in [0.5, 0.6) is 0 Å². The van der Waals surface area contributed by atoms with Crippen molar-refractivity contribution in [3.8, 4) is 6.07 Å². The fraction of sp³-hybridized carbons (Fsp3) is 0.385. The minimum atomic E-state index is 0.532. The van der Waals surface area contributed by atoms with Gasteiger partial charge >= 0.3 is 0 Å². The molecule has 1 aromatic carbocycles. The first-order valence-corrected chi connectivity index (χ1v) is 6.52. The molecule has 0 atom stereocenters. The zero-order valence-electron chi connectivity index (χ0n) is 10.2. The molecule has 0 radical (unpaired) electrons. The quantitative estimate of drug-likeness (QED) is 0.657. The van der Waals surface area contributed by atoms with Crippen LogP contribution in [0.15, 0.2) is 29.3 Å². The van der Waals surface area contributed by atoms with Gasteiger partial charge in [-0.3, -0.25) is 4.99 Å².